The summed E-state index contributed by atoms with van der Waals surface area (Å²) in [6.07, 6.45) is 0.238. The zero-order valence-corrected chi connectivity index (χ0v) is 23.2. The number of nitrogens with zero attached hydrogens (tertiary/aromatic N) is 2. The molecule has 2 saturated heterocycles. The number of hydrogen-bond donors (Lipinski definition) is 0. The van der Waals surface area contributed by atoms with E-state index >= 15 is 0 Å². The van der Waals surface area contributed by atoms with Gasteiger partial charge in [-0.25, -0.2) is 4.90 Å². The minimum absolute atomic E-state index is 0.0617. The molecule has 2 heterocycles. The Morgan fingerprint density at radius 3 is 1.62 bits per heavy atom. The average Bonchev–Trinajstić information content (AvgIpc) is 3.28. The minimum Gasteiger partial charge on any atom is -0.492 e. The number of ether oxygens (including phenoxy) is 2. The van der Waals surface area contributed by atoms with Crippen LogP contribution in [0, 0.1) is 5.41 Å². The third-order valence-electron chi connectivity index (χ3n) is 7.02. The molecule has 40 heavy (non-hydrogen) atoms. The third-order valence-corrected chi connectivity index (χ3v) is 9.61. The fourth-order valence-electron chi connectivity index (χ4n) is 4.94. The predicted molar refractivity (Wildman–Crippen MR) is 132 cm³/mol. The lowest BCUT2D eigenvalue weighted by atomic mass is 9.69. The van der Waals surface area contributed by atoms with Crippen LogP contribution in [0.3, 0.4) is 0 Å². The summed E-state index contributed by atoms with van der Waals surface area (Å²) in [6.45, 7) is 1.09. The first kappa shape index (κ1) is 27.7. The van der Waals surface area contributed by atoms with Crippen molar-refractivity contribution in [2.45, 2.75) is 23.1 Å². The molecule has 2 aromatic carbocycles. The fraction of sp³-hybridized carbons (Fsp3) is 0.333. The molecule has 0 N–H and O–H groups in total. The van der Waals surface area contributed by atoms with Crippen LogP contribution in [0.2, 0.25) is 0 Å². The molecule has 2 aliphatic heterocycles. The lowest BCUT2D eigenvalue weighted by Crippen LogP contribution is -2.83. The van der Waals surface area contributed by atoms with E-state index in [1.807, 2.05) is 0 Å². The van der Waals surface area contributed by atoms with Gasteiger partial charge in [-0.05, 0) is 59.9 Å². The molecular weight excluding hydrogens is 572 g/mol. The Balaban J connectivity index is 1.52. The van der Waals surface area contributed by atoms with Gasteiger partial charge < -0.3 is 9.47 Å². The predicted octanol–water partition coefficient (Wildman–Crippen LogP) is 0.0168. The summed E-state index contributed by atoms with van der Waals surface area (Å²) in [4.78, 5) is 49.9. The molecule has 5 rings (SSSR count). The van der Waals surface area contributed by atoms with Gasteiger partial charge in [-0.1, -0.05) is 0 Å². The number of likely N-dealkylation sites (tertiary alicyclic amines) is 2. The van der Waals surface area contributed by atoms with Crippen LogP contribution in [0.1, 0.15) is 18.1 Å². The zero-order valence-electron chi connectivity index (χ0n) is 21.5. The van der Waals surface area contributed by atoms with Crippen molar-refractivity contribution in [3.63, 3.8) is 0 Å². The summed E-state index contributed by atoms with van der Waals surface area (Å²) in [5, 5.41) is 0. The lowest BCUT2D eigenvalue weighted by Gasteiger charge is -2.50. The molecule has 0 saturated carbocycles. The molecule has 4 amide bonds. The molecule has 212 valence electrons. The number of amides is 4. The Kier molecular flexibility index (Phi) is 6.29. The van der Waals surface area contributed by atoms with Crippen molar-refractivity contribution < 1.29 is 53.9 Å². The SMILES string of the molecule is CCOc1cc2c(cc1S(=O)(=O)OC)-c1cc(S(=O)(=O)OC)c(OCN3C(=O)C4(C(=O)N(C)C4=O)C3=O)cc1C2. The van der Waals surface area contributed by atoms with Crippen molar-refractivity contribution in [3.8, 4) is 22.6 Å². The molecule has 2 fully saturated rings. The second-order valence-electron chi connectivity index (χ2n) is 8.99. The van der Waals surface area contributed by atoms with E-state index in [4.69, 9.17) is 9.47 Å². The molecule has 0 radical (unpaired) electrons. The Morgan fingerprint density at radius 1 is 0.750 bits per heavy atom. The molecule has 0 bridgehead atoms. The molecule has 14 nitrogen and oxygen atoms in total. The molecule has 3 aliphatic rings. The van der Waals surface area contributed by atoms with Gasteiger partial charge in [-0.15, -0.1) is 0 Å². The third kappa shape index (κ3) is 3.59. The van der Waals surface area contributed by atoms with Gasteiger partial charge in [0.25, 0.3) is 49.3 Å². The number of hydrogen-bond acceptors (Lipinski definition) is 12. The summed E-state index contributed by atoms with van der Waals surface area (Å²) >= 11 is 0. The molecule has 16 heteroatoms. The largest absolute Gasteiger partial charge is 0.492 e. The van der Waals surface area contributed by atoms with Crippen molar-refractivity contribution in [2.75, 3.05) is 34.6 Å². The Bertz CT molecular complexity index is 1710. The van der Waals surface area contributed by atoms with E-state index in [2.05, 4.69) is 8.37 Å². The highest BCUT2D eigenvalue weighted by molar-refractivity contribution is 7.87. The Morgan fingerprint density at radius 2 is 1.20 bits per heavy atom. The van der Waals surface area contributed by atoms with Crippen LogP contribution in [0.4, 0.5) is 0 Å². The quantitative estimate of drug-likeness (QED) is 0.184. The number of benzene rings is 2. The highest BCUT2D eigenvalue weighted by Crippen LogP contribution is 2.46. The van der Waals surface area contributed by atoms with E-state index in [1.165, 1.54) is 24.3 Å². The van der Waals surface area contributed by atoms with Gasteiger partial charge in [0, 0.05) is 7.05 Å². The van der Waals surface area contributed by atoms with Gasteiger partial charge in [0.2, 0.25) is 0 Å². The molecule has 0 unspecified atom stereocenters. The maximum absolute atomic E-state index is 12.8. The van der Waals surface area contributed by atoms with Crippen molar-refractivity contribution in [1.82, 2.24) is 9.80 Å². The van der Waals surface area contributed by atoms with E-state index in [0.717, 1.165) is 21.3 Å². The first-order valence-electron chi connectivity index (χ1n) is 11.7. The molecule has 1 aliphatic carbocycles. The minimum atomic E-state index is -4.41. The number of imide groups is 2. The monoisotopic (exact) mass is 594 g/mol. The molecule has 0 aromatic heterocycles. The highest BCUT2D eigenvalue weighted by atomic mass is 32.2. The average molecular weight is 595 g/mol. The van der Waals surface area contributed by atoms with Gasteiger partial charge in [0.15, 0.2) is 6.73 Å². The topological polar surface area (TPSA) is 180 Å². The standard InChI is InChI=1S/C24H22N2O12S2/c1-5-37-16-7-12-6-13-8-17(38-11-26-22(29)24(23(26)30)20(27)25(2)21(24)28)19(40(33,34)36-4)10-15(13)14(12)9-18(16)39(31,32)35-3/h7-10H,5-6,11H2,1-4H3. The summed E-state index contributed by atoms with van der Waals surface area (Å²) in [7, 11) is -5.52. The maximum Gasteiger partial charge on any atom is 0.300 e. The summed E-state index contributed by atoms with van der Waals surface area (Å²) in [6, 6.07) is 5.45. The number of β-lactam (4-membered cyclic amide) rings is 4. The van der Waals surface area contributed by atoms with Gasteiger partial charge in [-0.2, -0.15) is 16.8 Å². The van der Waals surface area contributed by atoms with Crippen molar-refractivity contribution >= 4 is 43.9 Å². The van der Waals surface area contributed by atoms with Crippen LogP contribution >= 0.6 is 0 Å². The van der Waals surface area contributed by atoms with Gasteiger partial charge in [0.1, 0.15) is 21.3 Å². The van der Waals surface area contributed by atoms with E-state index in [-0.39, 0.29) is 29.4 Å². The van der Waals surface area contributed by atoms with E-state index < -0.39 is 60.9 Å². The summed E-state index contributed by atoms with van der Waals surface area (Å²) in [5.74, 6) is -4.22. The molecule has 0 atom stereocenters. The van der Waals surface area contributed by atoms with Crippen LogP contribution in [0.15, 0.2) is 34.1 Å². The molecule has 2 aromatic rings. The first-order valence-corrected chi connectivity index (χ1v) is 14.5. The number of rotatable bonds is 9. The second kappa shape index (κ2) is 9.09. The van der Waals surface area contributed by atoms with Crippen LogP contribution < -0.4 is 9.47 Å². The highest BCUT2D eigenvalue weighted by Gasteiger charge is 2.79. The Hall–Kier alpha value is -3.86. The van der Waals surface area contributed by atoms with E-state index in [1.54, 1.807) is 6.92 Å². The van der Waals surface area contributed by atoms with Gasteiger partial charge in [-0.3, -0.25) is 32.4 Å². The number of fused-ring (bicyclic) bond motifs is 3. The van der Waals surface area contributed by atoms with Crippen molar-refractivity contribution in [3.05, 3.63) is 35.4 Å². The lowest BCUT2D eigenvalue weighted by molar-refractivity contribution is -0.200. The van der Waals surface area contributed by atoms with Gasteiger partial charge >= 0.3 is 0 Å². The van der Waals surface area contributed by atoms with Crippen LogP contribution in [-0.4, -0.2) is 84.9 Å². The van der Waals surface area contributed by atoms with E-state index in [0.29, 0.717) is 32.1 Å². The maximum atomic E-state index is 12.8. The summed E-state index contributed by atoms with van der Waals surface area (Å²) < 4.78 is 71.1. The van der Waals surface area contributed by atoms with Crippen LogP contribution in [-0.2, 0) is 54.2 Å². The zero-order chi connectivity index (χ0) is 29.4. The number of carbonyl (C=O) groups excluding carboxylic acids is 4. The number of carbonyl (C=O) groups is 4. The van der Waals surface area contributed by atoms with E-state index in [9.17, 15) is 36.0 Å². The van der Waals surface area contributed by atoms with Crippen LogP contribution in [0.25, 0.3) is 11.1 Å². The summed E-state index contributed by atoms with van der Waals surface area (Å²) in [5.41, 5.74) is -0.435. The Labute approximate surface area is 228 Å². The molecular formula is C24H22N2O12S2. The van der Waals surface area contributed by atoms with Crippen LogP contribution in [0.5, 0.6) is 11.5 Å². The fourth-order valence-corrected chi connectivity index (χ4v) is 6.55. The van der Waals surface area contributed by atoms with Gasteiger partial charge in [0.05, 0.1) is 20.8 Å². The smallest absolute Gasteiger partial charge is 0.300 e. The van der Waals surface area contributed by atoms with Crippen molar-refractivity contribution in [2.24, 2.45) is 5.41 Å². The first-order chi connectivity index (χ1) is 18.8. The second-order valence-corrected chi connectivity index (χ2v) is 12.4. The molecule has 1 spiro atoms. The normalized spacial score (nSPS) is 17.5. The van der Waals surface area contributed by atoms with Crippen molar-refractivity contribution in [1.29, 1.82) is 0 Å².